The smallest absolute Gasteiger partial charge is 0.254 e. The maximum absolute atomic E-state index is 10.9. The van der Waals surface area contributed by atoms with Crippen LogP contribution < -0.4 is 0 Å². The molecule has 51 heavy (non-hydrogen) atoms. The molecule has 20 unspecified atom stereocenters. The van der Waals surface area contributed by atoms with Gasteiger partial charge in [-0.25, -0.2) is 9.78 Å². The van der Waals surface area contributed by atoms with E-state index in [0.717, 1.165) is 6.08 Å². The monoisotopic (exact) mass is 754 g/mol. The van der Waals surface area contributed by atoms with Crippen LogP contribution in [0.2, 0.25) is 0 Å². The second-order valence-corrected chi connectivity index (χ2v) is 11.9. The summed E-state index contributed by atoms with van der Waals surface area (Å²) in [5.74, 6) is -3.95. The molecule has 3 fully saturated rings. The van der Waals surface area contributed by atoms with Crippen molar-refractivity contribution in [1.82, 2.24) is 0 Å². The van der Waals surface area contributed by atoms with E-state index >= 15 is 0 Å². The van der Waals surface area contributed by atoms with Crippen LogP contribution in [0.4, 0.5) is 0 Å². The van der Waals surface area contributed by atoms with Gasteiger partial charge in [0.05, 0.1) is 24.7 Å². The zero-order valence-corrected chi connectivity index (χ0v) is 26.9. The predicted octanol–water partition coefficient (Wildman–Crippen LogP) is -6.87. The van der Waals surface area contributed by atoms with Crippen LogP contribution in [-0.4, -0.2) is 194 Å². The van der Waals surface area contributed by atoms with Crippen LogP contribution in [0.3, 0.4) is 0 Å². The average molecular weight is 755 g/mol. The fraction of sp³-hybridized carbons (Fsp3) is 0.852. The topological polar surface area (TPSA) is 387 Å². The molecule has 20 atom stereocenters. The van der Waals surface area contributed by atoms with E-state index in [0.29, 0.717) is 18.6 Å². The summed E-state index contributed by atoms with van der Waals surface area (Å²) in [5.41, 5.74) is 0. The Morgan fingerprint density at radius 3 is 1.88 bits per heavy atom. The summed E-state index contributed by atoms with van der Waals surface area (Å²) in [7, 11) is 0. The molecule has 3 aliphatic rings. The van der Waals surface area contributed by atoms with Gasteiger partial charge in [0.2, 0.25) is 18.9 Å². The van der Waals surface area contributed by atoms with Gasteiger partial charge in [0.1, 0.15) is 54.9 Å². The van der Waals surface area contributed by atoms with E-state index in [9.17, 15) is 71.5 Å². The first-order chi connectivity index (χ1) is 23.9. The van der Waals surface area contributed by atoms with Gasteiger partial charge in [-0.2, -0.15) is 9.78 Å². The Kier molecular flexibility index (Phi) is 16.2. The lowest BCUT2D eigenvalue weighted by molar-refractivity contribution is -0.523. The average Bonchev–Trinajstić information content (AvgIpc) is 3.09. The minimum Gasteiger partial charge on any atom is -0.516 e. The third-order valence-electron chi connectivity index (χ3n) is 8.14. The van der Waals surface area contributed by atoms with Crippen molar-refractivity contribution in [3.63, 3.8) is 0 Å². The minimum atomic E-state index is -3.02. The molecule has 0 radical (unpaired) electrons. The molecule has 3 aliphatic heterocycles. The van der Waals surface area contributed by atoms with Crippen LogP contribution >= 0.6 is 0 Å². The summed E-state index contributed by atoms with van der Waals surface area (Å²) in [6.45, 7) is 2.64. The molecule has 24 nitrogen and oxygen atoms in total. The largest absolute Gasteiger partial charge is 0.516 e. The molecule has 15 N–H and O–H groups in total. The maximum atomic E-state index is 10.9. The first-order valence-electron chi connectivity index (χ1n) is 15.3. The molecule has 0 aromatic rings. The fourth-order valence-electron chi connectivity index (χ4n) is 4.91. The molecule has 3 heterocycles. The summed E-state index contributed by atoms with van der Waals surface area (Å²) in [6, 6.07) is 0. The molecule has 0 bridgehead atoms. The van der Waals surface area contributed by atoms with Gasteiger partial charge < -0.3 is 100 Å². The van der Waals surface area contributed by atoms with Gasteiger partial charge in [0.15, 0.2) is 25.2 Å². The van der Waals surface area contributed by atoms with Crippen molar-refractivity contribution >= 4 is 0 Å². The second-order valence-electron chi connectivity index (χ2n) is 11.9. The molecular formula is C27H46O24. The zero-order valence-electron chi connectivity index (χ0n) is 26.9. The fourth-order valence-corrected chi connectivity index (χ4v) is 4.91. The number of aliphatic hydroxyl groups excluding tert-OH is 14. The summed E-state index contributed by atoms with van der Waals surface area (Å²) < 4.78 is 25.2. The van der Waals surface area contributed by atoms with Gasteiger partial charge in [-0.05, 0) is 19.1 Å². The summed E-state index contributed by atoms with van der Waals surface area (Å²) in [5, 5.41) is 152. The molecule has 0 aliphatic carbocycles. The van der Waals surface area contributed by atoms with Gasteiger partial charge in [0.25, 0.3) is 5.79 Å². The van der Waals surface area contributed by atoms with Gasteiger partial charge in [-0.1, -0.05) is 6.92 Å². The van der Waals surface area contributed by atoms with Crippen LogP contribution in [0.5, 0.6) is 0 Å². The molecule has 0 aromatic carbocycles. The minimum absolute atomic E-state index is 0.339. The van der Waals surface area contributed by atoms with E-state index in [2.05, 4.69) is 0 Å². The highest BCUT2D eigenvalue weighted by atomic mass is 17.3. The number of aliphatic hydroxyl groups is 15. The molecule has 0 saturated carbocycles. The Morgan fingerprint density at radius 2 is 1.25 bits per heavy atom. The number of hydrogen-bond acceptors (Lipinski definition) is 24. The van der Waals surface area contributed by atoms with E-state index < -0.39 is 129 Å². The van der Waals surface area contributed by atoms with E-state index in [1.165, 1.54) is 13.8 Å². The van der Waals surface area contributed by atoms with Crippen LogP contribution in [0.1, 0.15) is 20.3 Å². The number of hydrogen-bond donors (Lipinski definition) is 15. The molecule has 24 heteroatoms. The maximum Gasteiger partial charge on any atom is 0.254 e. The van der Waals surface area contributed by atoms with Crippen molar-refractivity contribution < 1.29 is 120 Å². The lowest BCUT2D eigenvalue weighted by Crippen LogP contribution is -2.62. The Hall–Kier alpha value is -1.80. The molecule has 298 valence electrons. The van der Waals surface area contributed by atoms with E-state index in [-0.39, 0.29) is 0 Å². The van der Waals surface area contributed by atoms with Gasteiger partial charge in [-0.15, -0.1) is 0 Å². The molecule has 0 spiro atoms. The summed E-state index contributed by atoms with van der Waals surface area (Å²) in [6.07, 6.45) is -33.7. The van der Waals surface area contributed by atoms with Crippen LogP contribution in [0, 0.1) is 5.92 Å². The normalized spacial score (nSPS) is 43.2. The van der Waals surface area contributed by atoms with Gasteiger partial charge >= 0.3 is 0 Å². The van der Waals surface area contributed by atoms with Crippen LogP contribution in [-0.2, 0) is 43.2 Å². The zero-order chi connectivity index (χ0) is 38.4. The first-order valence-corrected chi connectivity index (χ1v) is 15.3. The van der Waals surface area contributed by atoms with E-state index in [1.807, 2.05) is 0 Å². The Labute approximate surface area is 288 Å². The third-order valence-corrected chi connectivity index (χ3v) is 8.14. The van der Waals surface area contributed by atoms with Crippen molar-refractivity contribution in [1.29, 1.82) is 0 Å². The number of rotatable bonds is 16. The van der Waals surface area contributed by atoms with Crippen LogP contribution in [0.15, 0.2) is 24.7 Å². The third kappa shape index (κ3) is 10.5. The highest BCUT2D eigenvalue weighted by molar-refractivity contribution is 4.93. The van der Waals surface area contributed by atoms with Crippen molar-refractivity contribution in [3.8, 4) is 0 Å². The Balaban J connectivity index is 1.62. The van der Waals surface area contributed by atoms with Crippen LogP contribution in [0.25, 0.3) is 0 Å². The van der Waals surface area contributed by atoms with Crippen molar-refractivity contribution in [2.45, 2.75) is 137 Å². The lowest BCUT2D eigenvalue weighted by Gasteiger charge is -2.43. The second kappa shape index (κ2) is 19.0. The molecule has 0 aromatic heterocycles. The number of ether oxygens (including phenoxy) is 5. The Morgan fingerprint density at radius 1 is 0.667 bits per heavy atom. The summed E-state index contributed by atoms with van der Waals surface area (Å²) in [4.78, 5) is 19.3. The first kappa shape index (κ1) is 43.6. The highest BCUT2D eigenvalue weighted by Gasteiger charge is 2.51. The van der Waals surface area contributed by atoms with E-state index in [1.54, 1.807) is 0 Å². The van der Waals surface area contributed by atoms with Gasteiger partial charge in [0, 0.05) is 12.3 Å². The summed E-state index contributed by atoms with van der Waals surface area (Å²) >= 11 is 0. The molecule has 0 amide bonds. The van der Waals surface area contributed by atoms with E-state index in [4.69, 9.17) is 48.3 Å². The molecule has 3 saturated heterocycles. The SMILES string of the molecule is CC1OC(O)C(O)C(O)C1OC(O)C(O)(C/C=C/O)OOC1OC(O)C(OC(O)C(O)C(/C=C/O)OOC2OC(O)C(C)C(O)C2O)C(O)C1O. The quantitative estimate of drug-likeness (QED) is 0.0301. The Bertz CT molecular complexity index is 1100. The molecule has 3 rings (SSSR count). The molecular weight excluding hydrogens is 708 g/mol. The standard InChI is InChI=1S/C27H46O24/c1-8-11(30)16(35)24(46-20(8)37)49-48-10(4-7-29)12(31)21(38)44-19-14(33)17(36)25(47-23(19)40)50-51-27(42,5-3-6-28)26(41)45-18-9(2)43-22(39)15(34)13(18)32/h3-4,6-26,28-42H,5H2,1-2H3/b6-3+,7-4+. The lowest BCUT2D eigenvalue weighted by atomic mass is 9.96. The van der Waals surface area contributed by atoms with Crippen molar-refractivity contribution in [2.24, 2.45) is 5.92 Å². The van der Waals surface area contributed by atoms with Crippen molar-refractivity contribution in [2.75, 3.05) is 0 Å². The predicted molar refractivity (Wildman–Crippen MR) is 153 cm³/mol. The van der Waals surface area contributed by atoms with Gasteiger partial charge in [-0.3, -0.25) is 0 Å². The van der Waals surface area contributed by atoms with Crippen molar-refractivity contribution in [3.05, 3.63) is 24.7 Å². The highest BCUT2D eigenvalue weighted by Crippen LogP contribution is 2.31.